The van der Waals surface area contributed by atoms with Crippen LogP contribution in [-0.2, 0) is 6.18 Å². The van der Waals surface area contributed by atoms with E-state index >= 15 is 0 Å². The topological polar surface area (TPSA) is 27.6 Å². The SMILES string of the molecule is [NH3+]c1ccc(SC(F)(F)F)c(C(F)(F)F)c1. The second-order valence-corrected chi connectivity index (χ2v) is 3.98. The zero-order valence-corrected chi connectivity index (χ0v) is 8.43. The first-order valence-corrected chi connectivity index (χ1v) is 4.70. The molecule has 90 valence electrons. The molecule has 1 aromatic carbocycles. The van der Waals surface area contributed by atoms with E-state index in [2.05, 4.69) is 5.73 Å². The van der Waals surface area contributed by atoms with Crippen LogP contribution in [0.25, 0.3) is 0 Å². The van der Waals surface area contributed by atoms with Gasteiger partial charge in [-0.2, -0.15) is 26.3 Å². The van der Waals surface area contributed by atoms with E-state index in [1.54, 1.807) is 0 Å². The zero-order chi connectivity index (χ0) is 12.6. The van der Waals surface area contributed by atoms with E-state index in [-0.39, 0.29) is 5.69 Å². The van der Waals surface area contributed by atoms with Gasteiger partial charge >= 0.3 is 11.7 Å². The van der Waals surface area contributed by atoms with Crippen LogP contribution in [0.5, 0.6) is 0 Å². The minimum absolute atomic E-state index is 0.0128. The second-order valence-electron chi connectivity index (χ2n) is 2.88. The predicted molar refractivity (Wildman–Crippen MR) is 45.9 cm³/mol. The van der Waals surface area contributed by atoms with Crippen molar-refractivity contribution in [2.24, 2.45) is 0 Å². The van der Waals surface area contributed by atoms with Gasteiger partial charge in [0.1, 0.15) is 5.69 Å². The monoisotopic (exact) mass is 262 g/mol. The molecule has 0 spiro atoms. The number of alkyl halides is 6. The Hall–Kier alpha value is -0.890. The Labute approximate surface area is 90.6 Å². The average molecular weight is 262 g/mol. The lowest BCUT2D eigenvalue weighted by molar-refractivity contribution is -0.255. The molecule has 0 unspecified atom stereocenters. The van der Waals surface area contributed by atoms with Crippen LogP contribution in [0.2, 0.25) is 0 Å². The van der Waals surface area contributed by atoms with Crippen molar-refractivity contribution in [1.29, 1.82) is 0 Å². The predicted octanol–water partition coefficient (Wildman–Crippen LogP) is 3.19. The van der Waals surface area contributed by atoms with E-state index < -0.39 is 33.9 Å². The Kier molecular flexibility index (Phi) is 3.44. The Bertz CT molecular complexity index is 383. The van der Waals surface area contributed by atoms with E-state index in [0.717, 1.165) is 12.1 Å². The molecule has 0 bridgehead atoms. The molecule has 0 saturated heterocycles. The lowest BCUT2D eigenvalue weighted by Gasteiger charge is -2.13. The van der Waals surface area contributed by atoms with Gasteiger partial charge in [0, 0.05) is 17.0 Å². The normalized spacial score (nSPS) is 12.9. The average Bonchev–Trinajstić information content (AvgIpc) is 2.04. The van der Waals surface area contributed by atoms with Gasteiger partial charge in [-0.05, 0) is 17.8 Å². The van der Waals surface area contributed by atoms with Crippen LogP contribution < -0.4 is 5.73 Å². The highest BCUT2D eigenvalue weighted by molar-refractivity contribution is 8.00. The summed E-state index contributed by atoms with van der Waals surface area (Å²) >= 11 is -0.785. The summed E-state index contributed by atoms with van der Waals surface area (Å²) in [6.07, 6.45) is -4.82. The van der Waals surface area contributed by atoms with Crippen molar-refractivity contribution in [3.8, 4) is 0 Å². The van der Waals surface area contributed by atoms with Crippen molar-refractivity contribution in [3.05, 3.63) is 23.8 Å². The molecule has 3 N–H and O–H groups in total. The molecule has 0 amide bonds. The van der Waals surface area contributed by atoms with Crippen molar-refractivity contribution < 1.29 is 32.1 Å². The molecular weight excluding hydrogens is 256 g/mol. The summed E-state index contributed by atoms with van der Waals surface area (Å²) in [5, 5.41) is 0. The van der Waals surface area contributed by atoms with Crippen molar-refractivity contribution in [2.45, 2.75) is 16.6 Å². The van der Waals surface area contributed by atoms with E-state index in [0.29, 0.717) is 6.07 Å². The van der Waals surface area contributed by atoms with Crippen LogP contribution in [0, 0.1) is 0 Å². The smallest absolute Gasteiger partial charge is 0.325 e. The first kappa shape index (κ1) is 13.2. The van der Waals surface area contributed by atoms with E-state index in [1.807, 2.05) is 0 Å². The summed E-state index contributed by atoms with van der Waals surface area (Å²) in [6, 6.07) is 2.46. The largest absolute Gasteiger partial charge is 0.446 e. The first-order chi connectivity index (χ1) is 7.09. The molecule has 0 heterocycles. The van der Waals surface area contributed by atoms with Gasteiger partial charge in [0.2, 0.25) is 0 Å². The highest BCUT2D eigenvalue weighted by Gasteiger charge is 2.38. The number of quaternary nitrogens is 1. The molecule has 0 aliphatic rings. The molecule has 0 fully saturated rings. The number of halogens is 6. The third-order valence-corrected chi connectivity index (χ3v) is 2.38. The molecule has 0 saturated carbocycles. The lowest BCUT2D eigenvalue weighted by Crippen LogP contribution is -2.40. The van der Waals surface area contributed by atoms with Crippen LogP contribution in [0.3, 0.4) is 0 Å². The van der Waals surface area contributed by atoms with Gasteiger partial charge in [0.25, 0.3) is 0 Å². The fourth-order valence-corrected chi connectivity index (χ4v) is 1.68. The number of benzene rings is 1. The summed E-state index contributed by atoms with van der Waals surface area (Å²) in [4.78, 5) is -0.868. The minimum Gasteiger partial charge on any atom is -0.325 e. The fraction of sp³-hybridized carbons (Fsp3) is 0.250. The van der Waals surface area contributed by atoms with Gasteiger partial charge in [-0.1, -0.05) is 0 Å². The molecule has 0 radical (unpaired) electrons. The minimum atomic E-state index is -4.82. The van der Waals surface area contributed by atoms with Gasteiger partial charge in [-0.25, -0.2) is 0 Å². The summed E-state index contributed by atoms with van der Waals surface area (Å²) < 4.78 is 73.2. The Balaban J connectivity index is 3.19. The zero-order valence-electron chi connectivity index (χ0n) is 7.62. The molecular formula is C8H6F6NS+. The molecule has 0 aliphatic carbocycles. The van der Waals surface area contributed by atoms with Crippen molar-refractivity contribution in [1.82, 2.24) is 0 Å². The second kappa shape index (κ2) is 4.17. The number of thioether (sulfide) groups is 1. The lowest BCUT2D eigenvalue weighted by atomic mass is 10.2. The molecule has 8 heteroatoms. The molecule has 0 aromatic heterocycles. The Morgan fingerprint density at radius 2 is 1.56 bits per heavy atom. The maximum absolute atomic E-state index is 12.4. The fourth-order valence-electron chi connectivity index (χ4n) is 1.01. The summed E-state index contributed by atoms with van der Waals surface area (Å²) in [5.74, 6) is 0. The van der Waals surface area contributed by atoms with Gasteiger partial charge in [-0.15, -0.1) is 0 Å². The van der Waals surface area contributed by atoms with Crippen LogP contribution in [-0.4, -0.2) is 5.51 Å². The van der Waals surface area contributed by atoms with Crippen LogP contribution in [0.15, 0.2) is 23.1 Å². The standard InChI is InChI=1S/C8H5F6NS/c9-7(10,11)5-3-4(15)1-2-6(5)16-8(12,13)14/h1-3H,15H2/p+1. The van der Waals surface area contributed by atoms with Gasteiger partial charge in [0.05, 0.1) is 5.56 Å². The molecule has 1 rings (SSSR count). The first-order valence-electron chi connectivity index (χ1n) is 3.88. The quantitative estimate of drug-likeness (QED) is 0.611. The molecule has 1 aromatic rings. The van der Waals surface area contributed by atoms with Crippen molar-refractivity contribution >= 4 is 17.4 Å². The van der Waals surface area contributed by atoms with Crippen LogP contribution >= 0.6 is 11.8 Å². The Morgan fingerprint density at radius 1 is 1.00 bits per heavy atom. The van der Waals surface area contributed by atoms with Gasteiger partial charge in [-0.3, -0.25) is 0 Å². The summed E-state index contributed by atoms with van der Waals surface area (Å²) in [7, 11) is 0. The third kappa shape index (κ3) is 3.60. The number of hydrogen-bond donors (Lipinski definition) is 1. The highest BCUT2D eigenvalue weighted by atomic mass is 32.2. The van der Waals surface area contributed by atoms with Crippen LogP contribution in [0.4, 0.5) is 32.0 Å². The van der Waals surface area contributed by atoms with Gasteiger partial charge in [0.15, 0.2) is 0 Å². The van der Waals surface area contributed by atoms with E-state index in [1.165, 1.54) is 0 Å². The molecule has 0 atom stereocenters. The van der Waals surface area contributed by atoms with Crippen molar-refractivity contribution in [3.63, 3.8) is 0 Å². The molecule has 16 heavy (non-hydrogen) atoms. The summed E-state index contributed by atoms with van der Waals surface area (Å²) in [6.45, 7) is 0. The number of rotatable bonds is 1. The molecule has 1 nitrogen and oxygen atoms in total. The van der Waals surface area contributed by atoms with Gasteiger partial charge < -0.3 is 5.73 Å². The third-order valence-electron chi connectivity index (χ3n) is 1.58. The Morgan fingerprint density at radius 3 is 2.00 bits per heavy atom. The van der Waals surface area contributed by atoms with E-state index in [9.17, 15) is 26.3 Å². The number of hydrogen-bond acceptors (Lipinski definition) is 1. The summed E-state index contributed by atoms with van der Waals surface area (Å²) in [5.41, 5.74) is -2.81. The maximum atomic E-state index is 12.4. The van der Waals surface area contributed by atoms with Crippen molar-refractivity contribution in [2.75, 3.05) is 0 Å². The maximum Gasteiger partial charge on any atom is 0.446 e. The van der Waals surface area contributed by atoms with Crippen LogP contribution in [0.1, 0.15) is 5.56 Å². The van der Waals surface area contributed by atoms with E-state index in [4.69, 9.17) is 0 Å². The highest BCUT2D eigenvalue weighted by Crippen LogP contribution is 2.43. The molecule has 0 aliphatic heterocycles.